The van der Waals surface area contributed by atoms with Crippen LogP contribution in [0.25, 0.3) is 0 Å². The van der Waals surface area contributed by atoms with Crippen LogP contribution in [0.15, 0.2) is 0 Å². The largest absolute Gasteiger partial charge is 0.358 e. The van der Waals surface area contributed by atoms with Crippen LogP contribution in [0.3, 0.4) is 0 Å². The van der Waals surface area contributed by atoms with Crippen LogP contribution in [0.4, 0.5) is 0 Å². The summed E-state index contributed by atoms with van der Waals surface area (Å²) in [6.07, 6.45) is 20.0. The van der Waals surface area contributed by atoms with Crippen molar-refractivity contribution in [2.24, 2.45) is 0 Å². The van der Waals surface area contributed by atoms with Crippen LogP contribution in [-0.2, 0) is 0 Å². The molecule has 2 rings (SSSR count). The van der Waals surface area contributed by atoms with E-state index in [2.05, 4.69) is 17.4 Å². The molecule has 0 atom stereocenters. The van der Waals surface area contributed by atoms with Gasteiger partial charge in [-0.1, -0.05) is 0 Å². The monoisotopic (exact) mass is 391 g/mol. The summed E-state index contributed by atoms with van der Waals surface area (Å²) in [6, 6.07) is 0. The molecule has 0 aromatic heterocycles. The van der Waals surface area contributed by atoms with Crippen LogP contribution in [0.5, 0.6) is 0 Å². The molecule has 0 N–H and O–H groups in total. The molecule has 0 heterocycles. The van der Waals surface area contributed by atoms with Crippen LogP contribution in [0.2, 0.25) is 17.4 Å². The molecule has 96 valence electrons. The summed E-state index contributed by atoms with van der Waals surface area (Å²) < 4.78 is 0. The Hall–Kier alpha value is 2.05. The molecule has 10 radical (unpaired) electrons. The van der Waals surface area contributed by atoms with Crippen molar-refractivity contribution in [2.45, 2.75) is 17.4 Å². The van der Waals surface area contributed by atoms with E-state index in [9.17, 15) is 0 Å². The quantitative estimate of drug-likeness (QED) is 0.435. The number of hydrogen-bond acceptors (Lipinski definition) is 0. The van der Waals surface area contributed by atoms with E-state index in [1.807, 2.05) is 64.2 Å². The minimum atomic E-state index is -0.139. The first-order valence-electron chi connectivity index (χ1n) is 5.07. The maximum atomic E-state index is 2.31. The van der Waals surface area contributed by atoms with Crippen LogP contribution in [0, 0.1) is 119 Å². The van der Waals surface area contributed by atoms with Crippen molar-refractivity contribution in [3.05, 3.63) is 71.6 Å². The molecule has 2 aliphatic carbocycles. The van der Waals surface area contributed by atoms with Gasteiger partial charge in [-0.15, -0.1) is 17.4 Å². The average Bonchev–Trinajstić information content (AvgIpc) is 2.83. The van der Waals surface area contributed by atoms with Crippen molar-refractivity contribution in [3.63, 3.8) is 0 Å². The Morgan fingerprint density at radius 3 is 0.625 bits per heavy atom. The van der Waals surface area contributed by atoms with Gasteiger partial charge in [0.2, 0.25) is 0 Å². The van der Waals surface area contributed by atoms with E-state index < -0.39 is 0 Å². The Kier molecular flexibility index (Phi) is 28.1. The van der Waals surface area contributed by atoms with Gasteiger partial charge in [0, 0.05) is 46.9 Å². The average molecular weight is 390 g/mol. The third-order valence-corrected chi connectivity index (χ3v) is 1.11. The first-order valence-corrected chi connectivity index (χ1v) is 8.53. The SMILES string of the molecule is [CH3-].[CH3][Al]([CH3])[CH3].[CH]1[CH][CH][CH][CH]1.[CH]1[CH][CH][CH][CH]1.[Yb]. The Bertz CT molecular complexity index is 68.9. The summed E-state index contributed by atoms with van der Waals surface area (Å²) in [5.74, 6) is 6.92. The van der Waals surface area contributed by atoms with Crippen molar-refractivity contribution in [1.82, 2.24) is 0 Å². The zero-order valence-electron chi connectivity index (χ0n) is 10.6. The summed E-state index contributed by atoms with van der Waals surface area (Å²) in [4.78, 5) is 0. The van der Waals surface area contributed by atoms with Gasteiger partial charge in [-0.25, -0.2) is 0 Å². The van der Waals surface area contributed by atoms with Gasteiger partial charge in [-0.3, -0.25) is 0 Å². The zero-order chi connectivity index (χ0) is 10.6. The molecule has 0 aromatic carbocycles. The van der Waals surface area contributed by atoms with Gasteiger partial charge >= 0.3 is 0 Å². The second kappa shape index (κ2) is 19.4. The van der Waals surface area contributed by atoms with E-state index in [1.165, 1.54) is 0 Å². The van der Waals surface area contributed by atoms with Gasteiger partial charge in [0.25, 0.3) is 14.1 Å². The number of rotatable bonds is 0. The van der Waals surface area contributed by atoms with E-state index in [-0.39, 0.29) is 68.5 Å². The minimum Gasteiger partial charge on any atom is -0.358 e. The van der Waals surface area contributed by atoms with Crippen molar-refractivity contribution < 1.29 is 46.9 Å². The Balaban J connectivity index is -0.000000151. The van der Waals surface area contributed by atoms with Crippen molar-refractivity contribution in [3.8, 4) is 0 Å². The second-order valence-corrected chi connectivity index (χ2v) is 7.12. The zero-order valence-corrected chi connectivity index (χ0v) is 13.5. The topological polar surface area (TPSA) is 0 Å². The van der Waals surface area contributed by atoms with Crippen molar-refractivity contribution in [1.29, 1.82) is 0 Å². The molecule has 0 nitrogen and oxygen atoms in total. The molecule has 0 spiro atoms. The van der Waals surface area contributed by atoms with Crippen molar-refractivity contribution >= 4 is 14.1 Å². The standard InChI is InChI=1S/2C5H5.4CH3.Al.Yb/c2*1-2-4-5-3-1;;;;;;/h2*1-5H;4*1H3;;/q;;;;;-1;;. The molecule has 2 heteroatoms. The fourth-order valence-corrected chi connectivity index (χ4v) is 0.642. The van der Waals surface area contributed by atoms with Gasteiger partial charge in [0.15, 0.2) is 0 Å². The molecule has 2 fully saturated rings. The fourth-order valence-electron chi connectivity index (χ4n) is 0.642. The maximum absolute atomic E-state index is 2.31. The van der Waals surface area contributed by atoms with Gasteiger partial charge in [0.05, 0.1) is 0 Å². The van der Waals surface area contributed by atoms with Crippen LogP contribution < -0.4 is 0 Å². The third-order valence-electron chi connectivity index (χ3n) is 1.11. The smallest absolute Gasteiger partial charge is 0.251 e. The van der Waals surface area contributed by atoms with Gasteiger partial charge in [-0.05, 0) is 64.2 Å². The van der Waals surface area contributed by atoms with Crippen LogP contribution in [0.1, 0.15) is 0 Å². The normalized spacial score (nSPS) is 16.7. The first-order chi connectivity index (χ1) is 6.73. The maximum Gasteiger partial charge on any atom is 0.251 e. The van der Waals surface area contributed by atoms with Crippen LogP contribution >= 0.6 is 0 Å². The summed E-state index contributed by atoms with van der Waals surface area (Å²) >= 11 is -0.139. The number of hydrogen-bond donors (Lipinski definition) is 0. The Morgan fingerprint density at radius 2 is 0.562 bits per heavy atom. The Labute approximate surface area is 148 Å². The first kappa shape index (κ1) is 23.2. The molecule has 16 heavy (non-hydrogen) atoms. The summed E-state index contributed by atoms with van der Waals surface area (Å²) in [6.45, 7) is 0. The fraction of sp³-hybridized carbons (Fsp3) is 0.214. The van der Waals surface area contributed by atoms with Gasteiger partial charge in [0.1, 0.15) is 0 Å². The molecule has 0 saturated heterocycles. The summed E-state index contributed by atoms with van der Waals surface area (Å²) in [5.41, 5.74) is 0. The van der Waals surface area contributed by atoms with Crippen molar-refractivity contribution in [2.75, 3.05) is 0 Å². The Morgan fingerprint density at radius 1 is 0.500 bits per heavy atom. The predicted molar refractivity (Wildman–Crippen MR) is 72.8 cm³/mol. The second-order valence-electron chi connectivity index (χ2n) is 3.66. The molecule has 0 aromatic rings. The van der Waals surface area contributed by atoms with E-state index >= 15 is 0 Å². The van der Waals surface area contributed by atoms with E-state index in [0.717, 1.165) is 0 Å². The van der Waals surface area contributed by atoms with Crippen LogP contribution in [-0.4, -0.2) is 14.1 Å². The molecule has 0 amide bonds. The summed E-state index contributed by atoms with van der Waals surface area (Å²) in [5, 5.41) is 0. The molecule has 0 bridgehead atoms. The molecular formula is C14H22AlYb-. The van der Waals surface area contributed by atoms with Gasteiger partial charge < -0.3 is 7.43 Å². The van der Waals surface area contributed by atoms with Gasteiger partial charge in [-0.2, -0.15) is 0 Å². The molecular weight excluding hydrogens is 368 g/mol. The van der Waals surface area contributed by atoms with E-state index in [0.29, 0.717) is 0 Å². The third kappa shape index (κ3) is 25.0. The summed E-state index contributed by atoms with van der Waals surface area (Å²) in [7, 11) is 0. The molecule has 0 aliphatic heterocycles. The minimum absolute atomic E-state index is 0. The van der Waals surface area contributed by atoms with E-state index in [1.54, 1.807) is 0 Å². The predicted octanol–water partition coefficient (Wildman–Crippen LogP) is 3.86. The molecule has 2 saturated carbocycles. The molecule has 0 unspecified atom stereocenters. The van der Waals surface area contributed by atoms with E-state index in [4.69, 9.17) is 0 Å². The molecule has 2 aliphatic rings.